The second-order valence-electron chi connectivity index (χ2n) is 10.8. The molecular weight excluding hydrogens is 378 g/mol. The van der Waals surface area contributed by atoms with Crippen molar-refractivity contribution >= 4 is 17.7 Å². The Hall–Kier alpha value is -2.17. The lowest BCUT2D eigenvalue weighted by molar-refractivity contribution is -0.150. The summed E-state index contributed by atoms with van der Waals surface area (Å²) in [5, 5.41) is 2.80. The first-order chi connectivity index (χ1) is 14.1. The highest BCUT2D eigenvalue weighted by atomic mass is 16.5. The lowest BCUT2D eigenvalue weighted by atomic mass is 9.49. The van der Waals surface area contributed by atoms with Crippen molar-refractivity contribution in [3.63, 3.8) is 0 Å². The van der Waals surface area contributed by atoms with Gasteiger partial charge in [-0.2, -0.15) is 0 Å². The maximum Gasteiger partial charge on any atom is 0.325 e. The molecule has 162 valence electrons. The van der Waals surface area contributed by atoms with Crippen LogP contribution in [0.5, 0.6) is 0 Å². The van der Waals surface area contributed by atoms with E-state index in [0.717, 1.165) is 24.8 Å². The minimum Gasteiger partial charge on any atom is -0.456 e. The van der Waals surface area contributed by atoms with Gasteiger partial charge in [0.1, 0.15) is 6.54 Å². The number of ketones is 1. The van der Waals surface area contributed by atoms with E-state index < -0.39 is 5.97 Å². The predicted molar refractivity (Wildman–Crippen MR) is 114 cm³/mol. The minimum atomic E-state index is -0.562. The fourth-order valence-corrected chi connectivity index (χ4v) is 6.17. The molecule has 1 amide bonds. The van der Waals surface area contributed by atoms with E-state index in [-0.39, 0.29) is 35.7 Å². The molecular formula is C25H33NO4. The summed E-state index contributed by atoms with van der Waals surface area (Å²) in [5.74, 6) is 1.23. The summed E-state index contributed by atoms with van der Waals surface area (Å²) < 4.78 is 5.12. The number of ether oxygens (including phenoxy) is 1. The Morgan fingerprint density at radius 1 is 0.967 bits per heavy atom. The van der Waals surface area contributed by atoms with Gasteiger partial charge in [-0.05, 0) is 67.3 Å². The number of carbonyl (C=O) groups excluding carboxylic acids is 3. The molecule has 0 aromatic heterocycles. The Kier molecular flexibility index (Phi) is 5.50. The van der Waals surface area contributed by atoms with Crippen LogP contribution in [0.1, 0.15) is 75.2 Å². The molecule has 0 spiro atoms. The summed E-state index contributed by atoms with van der Waals surface area (Å²) in [6.07, 6.45) is 6.70. The van der Waals surface area contributed by atoms with Crippen LogP contribution in [0, 0.1) is 23.2 Å². The van der Waals surface area contributed by atoms with Gasteiger partial charge < -0.3 is 10.1 Å². The summed E-state index contributed by atoms with van der Waals surface area (Å²) in [4.78, 5) is 37.3. The van der Waals surface area contributed by atoms with Gasteiger partial charge in [-0.15, -0.1) is 0 Å². The standard InChI is InChI=1S/C25H33NO4/c1-24(2,3)20-6-4-19(5-7-20)21(27)15-30-22(28)14-26-23(29)25-11-16-8-17(12-25)10-18(9-16)13-25/h4-7,16-18H,8-15H2,1-3H3,(H,26,29). The van der Waals surface area contributed by atoms with E-state index in [2.05, 4.69) is 26.1 Å². The number of rotatable bonds is 6. The number of esters is 1. The molecule has 0 radical (unpaired) electrons. The number of nitrogens with one attached hydrogen (secondary N) is 1. The van der Waals surface area contributed by atoms with Crippen LogP contribution in [0.4, 0.5) is 0 Å². The fourth-order valence-electron chi connectivity index (χ4n) is 6.17. The third-order valence-corrected chi connectivity index (χ3v) is 7.35. The summed E-state index contributed by atoms with van der Waals surface area (Å²) >= 11 is 0. The lowest BCUT2D eigenvalue weighted by Gasteiger charge is -2.55. The zero-order chi connectivity index (χ0) is 21.5. The van der Waals surface area contributed by atoms with E-state index in [4.69, 9.17) is 4.74 Å². The average Bonchev–Trinajstić information content (AvgIpc) is 2.68. The summed E-state index contributed by atoms with van der Waals surface area (Å²) in [7, 11) is 0. The minimum absolute atomic E-state index is 0.00245. The van der Waals surface area contributed by atoms with Crippen LogP contribution < -0.4 is 5.32 Å². The van der Waals surface area contributed by atoms with E-state index in [1.54, 1.807) is 12.1 Å². The normalized spacial score (nSPS) is 29.5. The van der Waals surface area contributed by atoms with Crippen LogP contribution in [-0.4, -0.2) is 30.8 Å². The zero-order valence-electron chi connectivity index (χ0n) is 18.3. The molecule has 1 aromatic carbocycles. The molecule has 4 aliphatic rings. The molecule has 30 heavy (non-hydrogen) atoms. The monoisotopic (exact) mass is 411 g/mol. The highest BCUT2D eigenvalue weighted by Gasteiger charge is 2.54. The van der Waals surface area contributed by atoms with Crippen LogP contribution in [0.15, 0.2) is 24.3 Å². The van der Waals surface area contributed by atoms with E-state index in [9.17, 15) is 14.4 Å². The summed E-state index contributed by atoms with van der Waals surface area (Å²) in [5.41, 5.74) is 1.40. The van der Waals surface area contributed by atoms with E-state index in [1.165, 1.54) is 19.3 Å². The zero-order valence-corrected chi connectivity index (χ0v) is 18.3. The van der Waals surface area contributed by atoms with Crippen molar-refractivity contribution < 1.29 is 19.1 Å². The predicted octanol–water partition coefficient (Wildman–Crippen LogP) is 4.04. The van der Waals surface area contributed by atoms with Gasteiger partial charge in [-0.25, -0.2) is 0 Å². The Bertz CT molecular complexity index is 798. The van der Waals surface area contributed by atoms with Crippen LogP contribution in [0.3, 0.4) is 0 Å². The van der Waals surface area contributed by atoms with Crippen molar-refractivity contribution in [2.24, 2.45) is 23.2 Å². The Balaban J connectivity index is 1.24. The second kappa shape index (κ2) is 7.82. The van der Waals surface area contributed by atoms with Crippen LogP contribution in [0.2, 0.25) is 0 Å². The molecule has 1 N–H and O–H groups in total. The first-order valence-corrected chi connectivity index (χ1v) is 11.2. The van der Waals surface area contributed by atoms with Crippen molar-refractivity contribution in [2.75, 3.05) is 13.2 Å². The maximum absolute atomic E-state index is 12.9. The number of hydrogen-bond donors (Lipinski definition) is 1. The molecule has 4 fully saturated rings. The maximum atomic E-state index is 12.9. The second-order valence-corrected chi connectivity index (χ2v) is 10.8. The van der Waals surface area contributed by atoms with Crippen molar-refractivity contribution in [3.8, 4) is 0 Å². The van der Waals surface area contributed by atoms with Gasteiger partial charge in [0.2, 0.25) is 5.91 Å². The molecule has 0 aliphatic heterocycles. The van der Waals surface area contributed by atoms with Gasteiger partial charge in [0.25, 0.3) is 0 Å². The topological polar surface area (TPSA) is 72.5 Å². The molecule has 5 heteroatoms. The summed E-state index contributed by atoms with van der Waals surface area (Å²) in [6, 6.07) is 7.40. The Morgan fingerprint density at radius 2 is 1.50 bits per heavy atom. The SMILES string of the molecule is CC(C)(C)c1ccc(C(=O)COC(=O)CNC(=O)C23CC4CC(CC(C4)C2)C3)cc1. The first kappa shape index (κ1) is 21.1. The highest BCUT2D eigenvalue weighted by molar-refractivity contribution is 5.98. The molecule has 5 rings (SSSR count). The number of amides is 1. The molecule has 0 unspecified atom stereocenters. The quantitative estimate of drug-likeness (QED) is 0.566. The van der Waals surface area contributed by atoms with Gasteiger partial charge in [-0.1, -0.05) is 45.0 Å². The first-order valence-electron chi connectivity index (χ1n) is 11.2. The number of benzene rings is 1. The van der Waals surface area contributed by atoms with Crippen molar-refractivity contribution in [1.82, 2.24) is 5.32 Å². The third-order valence-electron chi connectivity index (χ3n) is 7.35. The van der Waals surface area contributed by atoms with Crippen molar-refractivity contribution in [3.05, 3.63) is 35.4 Å². The van der Waals surface area contributed by atoms with Crippen LogP contribution in [0.25, 0.3) is 0 Å². The van der Waals surface area contributed by atoms with E-state index in [1.807, 2.05) is 12.1 Å². The number of hydrogen-bond acceptors (Lipinski definition) is 4. The van der Waals surface area contributed by atoms with Gasteiger partial charge in [-0.3, -0.25) is 14.4 Å². The molecule has 0 heterocycles. The summed E-state index contributed by atoms with van der Waals surface area (Å²) in [6.45, 7) is 5.87. The van der Waals surface area contributed by atoms with E-state index >= 15 is 0 Å². The van der Waals surface area contributed by atoms with Crippen molar-refractivity contribution in [1.29, 1.82) is 0 Å². The molecule has 4 bridgehead atoms. The number of Topliss-reactive ketones (excluding diaryl/α,β-unsaturated/α-hetero) is 1. The van der Waals surface area contributed by atoms with Gasteiger partial charge in [0, 0.05) is 11.0 Å². The molecule has 1 aromatic rings. The lowest BCUT2D eigenvalue weighted by Crippen LogP contribution is -2.54. The molecule has 0 saturated heterocycles. The number of carbonyl (C=O) groups is 3. The highest BCUT2D eigenvalue weighted by Crippen LogP contribution is 2.60. The van der Waals surface area contributed by atoms with E-state index in [0.29, 0.717) is 23.3 Å². The van der Waals surface area contributed by atoms with Crippen LogP contribution in [-0.2, 0) is 19.7 Å². The van der Waals surface area contributed by atoms with Gasteiger partial charge >= 0.3 is 5.97 Å². The van der Waals surface area contributed by atoms with Crippen molar-refractivity contribution in [2.45, 2.75) is 64.7 Å². The Morgan fingerprint density at radius 3 is 2.00 bits per heavy atom. The molecule has 4 saturated carbocycles. The largest absolute Gasteiger partial charge is 0.456 e. The average molecular weight is 412 g/mol. The van der Waals surface area contributed by atoms with Gasteiger partial charge in [0.15, 0.2) is 12.4 Å². The van der Waals surface area contributed by atoms with Crippen LogP contribution >= 0.6 is 0 Å². The van der Waals surface area contributed by atoms with Gasteiger partial charge in [0.05, 0.1) is 0 Å². The molecule has 0 atom stereocenters. The molecule has 5 nitrogen and oxygen atoms in total. The third kappa shape index (κ3) is 4.30. The smallest absolute Gasteiger partial charge is 0.325 e. The molecule has 4 aliphatic carbocycles. The fraction of sp³-hybridized carbons (Fsp3) is 0.640. The Labute approximate surface area is 178 Å².